The lowest BCUT2D eigenvalue weighted by Gasteiger charge is -2.18. The molecule has 0 atom stereocenters. The van der Waals surface area contributed by atoms with Gasteiger partial charge in [0.1, 0.15) is 23.1 Å². The summed E-state index contributed by atoms with van der Waals surface area (Å²) in [6, 6.07) is 18.5. The van der Waals surface area contributed by atoms with E-state index in [0.29, 0.717) is 0 Å². The Hall–Kier alpha value is -3.45. The van der Waals surface area contributed by atoms with Gasteiger partial charge in [-0.25, -0.2) is 4.68 Å². The number of ether oxygens (including phenoxy) is 1. The highest BCUT2D eigenvalue weighted by atomic mass is 16.5. The highest BCUT2D eigenvalue weighted by molar-refractivity contribution is 5.46. The first-order valence-electron chi connectivity index (χ1n) is 11.1. The predicted octanol–water partition coefficient (Wildman–Crippen LogP) is 3.32. The Morgan fingerprint density at radius 3 is 2.59 bits per heavy atom. The van der Waals surface area contributed by atoms with Gasteiger partial charge < -0.3 is 9.30 Å². The van der Waals surface area contributed by atoms with E-state index in [1.165, 1.54) is 11.1 Å². The van der Waals surface area contributed by atoms with Crippen molar-refractivity contribution in [1.29, 1.82) is 0 Å². The minimum Gasteiger partial charge on any atom is -0.494 e. The Kier molecular flexibility index (Phi) is 5.98. The van der Waals surface area contributed by atoms with Crippen LogP contribution in [0.15, 0.2) is 67.0 Å². The quantitative estimate of drug-likeness (QED) is 0.452. The molecule has 0 N–H and O–H groups in total. The van der Waals surface area contributed by atoms with Crippen LogP contribution in [0.4, 0.5) is 0 Å². The van der Waals surface area contributed by atoms with Crippen molar-refractivity contribution in [2.45, 2.75) is 32.4 Å². The molecular weight excluding hydrogens is 400 g/mol. The maximum Gasteiger partial charge on any atom is 0.144 e. The Balaban J connectivity index is 1.22. The van der Waals surface area contributed by atoms with E-state index in [0.717, 1.165) is 68.5 Å². The van der Waals surface area contributed by atoms with Gasteiger partial charge in [0.2, 0.25) is 0 Å². The summed E-state index contributed by atoms with van der Waals surface area (Å²) in [5.41, 5.74) is 3.48. The van der Waals surface area contributed by atoms with Crippen LogP contribution in [0, 0.1) is 0 Å². The molecule has 0 amide bonds. The summed E-state index contributed by atoms with van der Waals surface area (Å²) in [6.07, 6.45) is 6.86. The molecule has 2 aromatic heterocycles. The summed E-state index contributed by atoms with van der Waals surface area (Å²) in [5.74, 6) is 3.01. The van der Waals surface area contributed by atoms with Crippen LogP contribution in [-0.4, -0.2) is 49.6 Å². The van der Waals surface area contributed by atoms with Crippen LogP contribution < -0.4 is 4.74 Å². The van der Waals surface area contributed by atoms with Gasteiger partial charge in [-0.3, -0.25) is 4.90 Å². The Bertz CT molecular complexity index is 1170. The van der Waals surface area contributed by atoms with Gasteiger partial charge in [-0.1, -0.05) is 42.5 Å². The van der Waals surface area contributed by atoms with Crippen molar-refractivity contribution in [2.75, 3.05) is 20.2 Å². The van der Waals surface area contributed by atoms with Crippen LogP contribution in [0.3, 0.4) is 0 Å². The maximum absolute atomic E-state index is 5.47. The molecule has 7 heteroatoms. The maximum atomic E-state index is 5.47. The average molecular weight is 429 g/mol. The standard InChI is InChI=1S/C25H28N6O/c1-32-23-10-6-5-9-22(23)31-19-21(17-26-31)18-29-14-13-25-28-27-24(30(25)16-15-29)12-11-20-7-3-2-4-8-20/h2-10,17,19H,11-16,18H2,1H3. The van der Waals surface area contributed by atoms with Gasteiger partial charge in [0.05, 0.1) is 13.3 Å². The van der Waals surface area contributed by atoms with Crippen LogP contribution in [0.1, 0.15) is 22.8 Å². The summed E-state index contributed by atoms with van der Waals surface area (Å²) < 4.78 is 9.69. The van der Waals surface area contributed by atoms with Crippen LogP contribution in [-0.2, 0) is 32.4 Å². The molecule has 0 unspecified atom stereocenters. The third-order valence-electron chi connectivity index (χ3n) is 6.05. The van der Waals surface area contributed by atoms with Gasteiger partial charge in [-0.2, -0.15) is 5.10 Å². The zero-order chi connectivity index (χ0) is 21.8. The number of fused-ring (bicyclic) bond motifs is 1. The van der Waals surface area contributed by atoms with Gasteiger partial charge in [-0.15, -0.1) is 10.2 Å². The van der Waals surface area contributed by atoms with Gasteiger partial charge in [0.25, 0.3) is 0 Å². The zero-order valence-corrected chi connectivity index (χ0v) is 18.4. The molecule has 32 heavy (non-hydrogen) atoms. The van der Waals surface area contributed by atoms with E-state index < -0.39 is 0 Å². The molecule has 0 radical (unpaired) electrons. The van der Waals surface area contributed by atoms with Gasteiger partial charge in [-0.05, 0) is 24.1 Å². The second-order valence-electron chi connectivity index (χ2n) is 8.16. The van der Waals surface area contributed by atoms with E-state index in [1.54, 1.807) is 7.11 Å². The topological polar surface area (TPSA) is 61.0 Å². The van der Waals surface area contributed by atoms with Crippen LogP contribution in [0.25, 0.3) is 5.69 Å². The fourth-order valence-corrected chi connectivity index (χ4v) is 4.32. The first-order chi connectivity index (χ1) is 15.8. The molecule has 164 valence electrons. The number of para-hydroxylation sites is 2. The first-order valence-corrected chi connectivity index (χ1v) is 11.1. The number of benzene rings is 2. The van der Waals surface area contributed by atoms with E-state index >= 15 is 0 Å². The number of nitrogens with zero attached hydrogens (tertiary/aromatic N) is 6. The second kappa shape index (κ2) is 9.36. The molecule has 0 saturated carbocycles. The van der Waals surface area contributed by atoms with Crippen molar-refractivity contribution in [3.05, 3.63) is 89.8 Å². The van der Waals surface area contributed by atoms with Crippen molar-refractivity contribution in [2.24, 2.45) is 0 Å². The summed E-state index contributed by atoms with van der Waals surface area (Å²) >= 11 is 0. The highest BCUT2D eigenvalue weighted by Gasteiger charge is 2.19. The lowest BCUT2D eigenvalue weighted by molar-refractivity contribution is 0.270. The van der Waals surface area contributed by atoms with Crippen molar-refractivity contribution < 1.29 is 4.74 Å². The van der Waals surface area contributed by atoms with Crippen molar-refractivity contribution in [3.63, 3.8) is 0 Å². The third-order valence-corrected chi connectivity index (χ3v) is 6.05. The third kappa shape index (κ3) is 4.43. The molecular formula is C25H28N6O. The number of hydrogen-bond donors (Lipinski definition) is 0. The minimum absolute atomic E-state index is 0.817. The Morgan fingerprint density at radius 2 is 1.72 bits per heavy atom. The molecule has 0 saturated heterocycles. The number of aromatic nitrogens is 5. The average Bonchev–Trinajstić information content (AvgIpc) is 3.41. The smallest absolute Gasteiger partial charge is 0.144 e. The Morgan fingerprint density at radius 1 is 0.875 bits per heavy atom. The monoisotopic (exact) mass is 428 g/mol. The number of hydrogen-bond acceptors (Lipinski definition) is 5. The zero-order valence-electron chi connectivity index (χ0n) is 18.4. The van der Waals surface area contributed by atoms with E-state index in [1.807, 2.05) is 35.1 Å². The largest absolute Gasteiger partial charge is 0.494 e. The van der Waals surface area contributed by atoms with E-state index in [4.69, 9.17) is 4.74 Å². The number of methoxy groups -OCH3 is 1. The molecule has 3 heterocycles. The summed E-state index contributed by atoms with van der Waals surface area (Å²) in [6.45, 7) is 3.74. The number of aryl methyl sites for hydroxylation is 2. The lowest BCUT2D eigenvalue weighted by atomic mass is 10.1. The molecule has 5 rings (SSSR count). The normalized spacial score (nSPS) is 14.2. The van der Waals surface area contributed by atoms with Gasteiger partial charge in [0, 0.05) is 50.8 Å². The van der Waals surface area contributed by atoms with E-state index in [2.05, 4.69) is 61.3 Å². The van der Waals surface area contributed by atoms with Crippen LogP contribution in [0.2, 0.25) is 0 Å². The van der Waals surface area contributed by atoms with Crippen LogP contribution in [0.5, 0.6) is 5.75 Å². The number of rotatable bonds is 7. The predicted molar refractivity (Wildman–Crippen MR) is 123 cm³/mol. The highest BCUT2D eigenvalue weighted by Crippen LogP contribution is 2.22. The molecule has 7 nitrogen and oxygen atoms in total. The lowest BCUT2D eigenvalue weighted by Crippen LogP contribution is -2.26. The van der Waals surface area contributed by atoms with Crippen LogP contribution >= 0.6 is 0 Å². The van der Waals surface area contributed by atoms with Crippen molar-refractivity contribution >= 4 is 0 Å². The SMILES string of the molecule is COc1ccccc1-n1cc(CN2CCc3nnc(CCc4ccccc4)n3CC2)cn1. The molecule has 0 spiro atoms. The van der Waals surface area contributed by atoms with Crippen molar-refractivity contribution in [3.8, 4) is 11.4 Å². The Labute approximate surface area is 188 Å². The summed E-state index contributed by atoms with van der Waals surface area (Å²) in [5, 5.41) is 13.5. The van der Waals surface area contributed by atoms with E-state index in [-0.39, 0.29) is 0 Å². The fourth-order valence-electron chi connectivity index (χ4n) is 4.32. The fraction of sp³-hybridized carbons (Fsp3) is 0.320. The summed E-state index contributed by atoms with van der Waals surface area (Å²) in [7, 11) is 1.69. The molecule has 0 fully saturated rings. The molecule has 0 bridgehead atoms. The summed E-state index contributed by atoms with van der Waals surface area (Å²) in [4.78, 5) is 2.47. The molecule has 1 aliphatic rings. The molecule has 0 aliphatic carbocycles. The molecule has 1 aliphatic heterocycles. The van der Waals surface area contributed by atoms with Gasteiger partial charge in [0.15, 0.2) is 0 Å². The second-order valence-corrected chi connectivity index (χ2v) is 8.16. The minimum atomic E-state index is 0.817. The van der Waals surface area contributed by atoms with Gasteiger partial charge >= 0.3 is 0 Å². The van der Waals surface area contributed by atoms with E-state index in [9.17, 15) is 0 Å². The first kappa shape index (κ1) is 20.5. The molecule has 4 aromatic rings. The van der Waals surface area contributed by atoms with Crippen molar-refractivity contribution in [1.82, 2.24) is 29.4 Å². The molecule has 2 aromatic carbocycles.